The number of nitrogens with zero attached hydrogens (tertiary/aromatic N) is 2. The number of hydrogen-bond acceptors (Lipinski definition) is 2. The fraction of sp³-hybridized carbons (Fsp3) is 1.00. The molecule has 3 saturated heterocycles. The molecule has 0 aromatic rings. The lowest BCUT2D eigenvalue weighted by Crippen LogP contribution is -2.36. The molecule has 0 spiro atoms. The monoisotopic (exact) mass is 220 g/mol. The fourth-order valence-electron chi connectivity index (χ4n) is 5.68. The zero-order valence-corrected chi connectivity index (χ0v) is 10.6. The van der Waals surface area contributed by atoms with E-state index in [0.717, 1.165) is 35.9 Å². The van der Waals surface area contributed by atoms with Crippen molar-refractivity contribution in [2.45, 2.75) is 50.2 Å². The molecule has 6 unspecified atom stereocenters. The Morgan fingerprint density at radius 1 is 0.938 bits per heavy atom. The molecule has 6 atom stereocenters. The van der Waals surface area contributed by atoms with Gasteiger partial charge in [-0.15, -0.1) is 0 Å². The normalized spacial score (nSPS) is 56.6. The third kappa shape index (κ3) is 1.10. The summed E-state index contributed by atoms with van der Waals surface area (Å²) in [4.78, 5) is 5.37. The molecule has 2 heteroatoms. The van der Waals surface area contributed by atoms with Crippen LogP contribution in [0.2, 0.25) is 0 Å². The van der Waals surface area contributed by atoms with Gasteiger partial charge in [0.15, 0.2) is 0 Å². The SMILES string of the molecule is CN1CC2CCC1C2C1CC2CCC1N2C. The zero-order valence-electron chi connectivity index (χ0n) is 10.6. The quantitative estimate of drug-likeness (QED) is 0.665. The van der Waals surface area contributed by atoms with E-state index in [-0.39, 0.29) is 0 Å². The Hall–Kier alpha value is -0.0800. The van der Waals surface area contributed by atoms with Gasteiger partial charge >= 0.3 is 0 Å². The third-order valence-corrected chi connectivity index (χ3v) is 6.34. The average Bonchev–Trinajstić information content (AvgIpc) is 2.98. The van der Waals surface area contributed by atoms with E-state index in [4.69, 9.17) is 0 Å². The van der Waals surface area contributed by atoms with Crippen LogP contribution >= 0.6 is 0 Å². The van der Waals surface area contributed by atoms with E-state index >= 15 is 0 Å². The summed E-state index contributed by atoms with van der Waals surface area (Å²) < 4.78 is 0. The van der Waals surface area contributed by atoms with Crippen LogP contribution in [0.4, 0.5) is 0 Å². The first-order chi connectivity index (χ1) is 7.75. The number of piperidine rings is 1. The Labute approximate surface area is 99.0 Å². The van der Waals surface area contributed by atoms with Gasteiger partial charge in [-0.3, -0.25) is 0 Å². The van der Waals surface area contributed by atoms with Crippen LogP contribution < -0.4 is 0 Å². The van der Waals surface area contributed by atoms with Crippen LogP contribution in [0.3, 0.4) is 0 Å². The first-order valence-electron chi connectivity index (χ1n) is 7.18. The standard InChI is InChI=1S/C14H24N2/c1-15-8-9-3-5-13(15)14(9)11-7-10-4-6-12(11)16(10)2/h9-14H,3-8H2,1-2H3. The van der Waals surface area contributed by atoms with Crippen molar-refractivity contribution < 1.29 is 0 Å². The van der Waals surface area contributed by atoms with Crippen molar-refractivity contribution >= 4 is 0 Å². The maximum absolute atomic E-state index is 2.71. The van der Waals surface area contributed by atoms with Crippen LogP contribution in [-0.4, -0.2) is 48.6 Å². The van der Waals surface area contributed by atoms with Crippen LogP contribution in [-0.2, 0) is 0 Å². The van der Waals surface area contributed by atoms with Crippen molar-refractivity contribution in [1.82, 2.24) is 9.80 Å². The first kappa shape index (κ1) is 9.90. The van der Waals surface area contributed by atoms with Crippen LogP contribution in [0, 0.1) is 17.8 Å². The smallest absolute Gasteiger partial charge is 0.0128 e. The first-order valence-corrected chi connectivity index (χ1v) is 7.18. The Kier molecular flexibility index (Phi) is 2.00. The van der Waals surface area contributed by atoms with E-state index in [9.17, 15) is 0 Å². The van der Waals surface area contributed by atoms with Gasteiger partial charge in [0.2, 0.25) is 0 Å². The summed E-state index contributed by atoms with van der Waals surface area (Å²) in [6.45, 7) is 1.40. The minimum atomic E-state index is 0.945. The molecule has 4 bridgehead atoms. The number of rotatable bonds is 1. The maximum atomic E-state index is 2.71. The van der Waals surface area contributed by atoms with Crippen molar-refractivity contribution in [3.8, 4) is 0 Å². The van der Waals surface area contributed by atoms with Gasteiger partial charge in [0.25, 0.3) is 0 Å². The largest absolute Gasteiger partial charge is 0.303 e. The molecule has 4 fully saturated rings. The van der Waals surface area contributed by atoms with Gasteiger partial charge < -0.3 is 9.80 Å². The molecule has 3 aliphatic heterocycles. The summed E-state index contributed by atoms with van der Waals surface area (Å²) >= 11 is 0. The van der Waals surface area contributed by atoms with Gasteiger partial charge in [-0.1, -0.05) is 0 Å². The molecule has 4 aliphatic rings. The van der Waals surface area contributed by atoms with E-state index < -0.39 is 0 Å². The summed E-state index contributed by atoms with van der Waals surface area (Å²) in [7, 11) is 4.73. The van der Waals surface area contributed by atoms with Crippen LogP contribution in [0.15, 0.2) is 0 Å². The highest BCUT2D eigenvalue weighted by Gasteiger charge is 2.55. The lowest BCUT2D eigenvalue weighted by Gasteiger charge is -2.31. The van der Waals surface area contributed by atoms with Crippen molar-refractivity contribution in [1.29, 1.82) is 0 Å². The zero-order chi connectivity index (χ0) is 10.9. The highest BCUT2D eigenvalue weighted by atomic mass is 15.2. The highest BCUT2D eigenvalue weighted by Crippen LogP contribution is 2.53. The second kappa shape index (κ2) is 3.23. The van der Waals surface area contributed by atoms with Gasteiger partial charge in [-0.2, -0.15) is 0 Å². The summed E-state index contributed by atoms with van der Waals surface area (Å²) in [5, 5.41) is 0. The fourth-order valence-corrected chi connectivity index (χ4v) is 5.68. The van der Waals surface area contributed by atoms with E-state index in [1.807, 2.05) is 0 Å². The van der Waals surface area contributed by atoms with Gasteiger partial charge in [-0.25, -0.2) is 0 Å². The molecule has 16 heavy (non-hydrogen) atoms. The molecule has 1 aliphatic carbocycles. The lowest BCUT2D eigenvalue weighted by atomic mass is 9.75. The summed E-state index contributed by atoms with van der Waals surface area (Å²) in [5.74, 6) is 3.15. The molecule has 0 amide bonds. The number of fused-ring (bicyclic) bond motifs is 4. The predicted octanol–water partition coefficient (Wildman–Crippen LogP) is 1.81. The summed E-state index contributed by atoms with van der Waals surface area (Å²) in [6, 6.07) is 2.84. The molecule has 4 rings (SSSR count). The molecule has 90 valence electrons. The summed E-state index contributed by atoms with van der Waals surface area (Å²) in [6.07, 6.45) is 7.51. The molecule has 0 N–H and O–H groups in total. The predicted molar refractivity (Wildman–Crippen MR) is 65.3 cm³/mol. The average molecular weight is 220 g/mol. The molecular weight excluding hydrogens is 196 g/mol. The van der Waals surface area contributed by atoms with Crippen molar-refractivity contribution in [2.75, 3.05) is 20.6 Å². The molecule has 0 aromatic carbocycles. The Morgan fingerprint density at radius 2 is 1.75 bits per heavy atom. The topological polar surface area (TPSA) is 6.48 Å². The van der Waals surface area contributed by atoms with E-state index in [0.29, 0.717) is 0 Å². The Morgan fingerprint density at radius 3 is 2.25 bits per heavy atom. The second-order valence-corrected chi connectivity index (χ2v) is 6.79. The van der Waals surface area contributed by atoms with Crippen molar-refractivity contribution in [2.24, 2.45) is 17.8 Å². The molecular formula is C14H24N2. The van der Waals surface area contributed by atoms with E-state index in [1.54, 1.807) is 0 Å². The number of hydrogen-bond donors (Lipinski definition) is 0. The highest BCUT2D eigenvalue weighted by molar-refractivity contribution is 5.08. The molecule has 0 radical (unpaired) electrons. The van der Waals surface area contributed by atoms with Gasteiger partial charge in [0.1, 0.15) is 0 Å². The minimum Gasteiger partial charge on any atom is -0.303 e. The minimum absolute atomic E-state index is 0.945. The Balaban J connectivity index is 1.60. The van der Waals surface area contributed by atoms with Crippen LogP contribution in [0.1, 0.15) is 32.1 Å². The molecule has 1 saturated carbocycles. The van der Waals surface area contributed by atoms with Gasteiger partial charge in [0.05, 0.1) is 0 Å². The second-order valence-electron chi connectivity index (χ2n) is 6.79. The number of likely N-dealkylation sites (tertiary alicyclic amines) is 1. The van der Waals surface area contributed by atoms with E-state index in [2.05, 4.69) is 23.9 Å². The maximum Gasteiger partial charge on any atom is 0.0128 e. The molecule has 3 heterocycles. The van der Waals surface area contributed by atoms with Crippen LogP contribution in [0.25, 0.3) is 0 Å². The van der Waals surface area contributed by atoms with Crippen molar-refractivity contribution in [3.63, 3.8) is 0 Å². The van der Waals surface area contributed by atoms with Gasteiger partial charge in [-0.05, 0) is 64.0 Å². The summed E-state index contributed by atoms with van der Waals surface area (Å²) in [5.41, 5.74) is 0. The van der Waals surface area contributed by atoms with Gasteiger partial charge in [0, 0.05) is 24.7 Å². The van der Waals surface area contributed by atoms with E-state index in [1.165, 1.54) is 38.6 Å². The van der Waals surface area contributed by atoms with Crippen molar-refractivity contribution in [3.05, 3.63) is 0 Å². The molecule has 2 nitrogen and oxygen atoms in total. The Bertz CT molecular complexity index is 303. The van der Waals surface area contributed by atoms with Crippen LogP contribution in [0.5, 0.6) is 0 Å². The molecule has 0 aromatic heterocycles. The lowest BCUT2D eigenvalue weighted by molar-refractivity contribution is 0.190. The third-order valence-electron chi connectivity index (χ3n) is 6.34.